The molecule has 112 valence electrons. The first-order valence-electron chi connectivity index (χ1n) is 7.27. The second kappa shape index (κ2) is 7.14. The maximum absolute atomic E-state index is 6.26. The molecule has 0 aliphatic heterocycles. The maximum Gasteiger partial charge on any atom is 0.139 e. The zero-order chi connectivity index (χ0) is 15.2. The largest absolute Gasteiger partial charge is 0.497 e. The van der Waals surface area contributed by atoms with Crippen LogP contribution in [-0.4, -0.2) is 13.2 Å². The monoisotopic (exact) mass is 285 g/mol. The van der Waals surface area contributed by atoms with E-state index in [1.54, 1.807) is 7.11 Å². The van der Waals surface area contributed by atoms with Gasteiger partial charge >= 0.3 is 0 Å². The van der Waals surface area contributed by atoms with Crippen molar-refractivity contribution in [1.29, 1.82) is 0 Å². The first-order chi connectivity index (χ1) is 10.1. The number of nitrogens with two attached hydrogens (primary N) is 1. The van der Waals surface area contributed by atoms with E-state index in [-0.39, 0.29) is 12.1 Å². The molecule has 0 saturated heterocycles. The zero-order valence-electron chi connectivity index (χ0n) is 12.9. The second-order valence-electron chi connectivity index (χ2n) is 5.20. The third-order valence-electron chi connectivity index (χ3n) is 3.54. The van der Waals surface area contributed by atoms with Gasteiger partial charge in [-0.05, 0) is 31.0 Å². The van der Waals surface area contributed by atoms with Crippen LogP contribution in [0.15, 0.2) is 48.5 Å². The molecule has 0 heterocycles. The van der Waals surface area contributed by atoms with Crippen LogP contribution < -0.4 is 15.2 Å². The highest BCUT2D eigenvalue weighted by Gasteiger charge is 2.20. The van der Waals surface area contributed by atoms with E-state index >= 15 is 0 Å². The molecular weight excluding hydrogens is 262 g/mol. The van der Waals surface area contributed by atoms with Crippen LogP contribution in [0.1, 0.15) is 30.6 Å². The topological polar surface area (TPSA) is 44.5 Å². The Hall–Kier alpha value is -2.00. The second-order valence-corrected chi connectivity index (χ2v) is 5.20. The molecule has 2 unspecified atom stereocenters. The van der Waals surface area contributed by atoms with E-state index in [0.717, 1.165) is 23.5 Å². The van der Waals surface area contributed by atoms with Crippen molar-refractivity contribution >= 4 is 0 Å². The molecule has 2 rings (SSSR count). The van der Waals surface area contributed by atoms with Crippen LogP contribution in [0.3, 0.4) is 0 Å². The van der Waals surface area contributed by atoms with E-state index in [0.29, 0.717) is 0 Å². The molecule has 0 spiro atoms. The van der Waals surface area contributed by atoms with Crippen LogP contribution in [-0.2, 0) is 0 Å². The van der Waals surface area contributed by atoms with Gasteiger partial charge in [-0.3, -0.25) is 0 Å². The molecule has 0 saturated carbocycles. The number of hydrogen-bond donors (Lipinski definition) is 1. The summed E-state index contributed by atoms with van der Waals surface area (Å²) in [6, 6.07) is 15.9. The Morgan fingerprint density at radius 2 is 1.76 bits per heavy atom. The van der Waals surface area contributed by atoms with Crippen molar-refractivity contribution in [3.05, 3.63) is 59.7 Å². The predicted molar refractivity (Wildman–Crippen MR) is 85.8 cm³/mol. The molecular formula is C18H23NO2. The molecule has 0 bridgehead atoms. The summed E-state index contributed by atoms with van der Waals surface area (Å²) in [6.07, 6.45) is 0.685. The van der Waals surface area contributed by atoms with Gasteiger partial charge in [0.05, 0.1) is 7.11 Å². The Bertz CT molecular complexity index is 583. The molecule has 21 heavy (non-hydrogen) atoms. The molecule has 2 aromatic carbocycles. The highest BCUT2D eigenvalue weighted by Crippen LogP contribution is 2.28. The standard InChI is InChI=1S/C18H23NO2/c1-4-17(19)18(14-8-5-7-13(2)11-14)21-16-10-6-9-15(12-16)20-3/h5-12,17-18H,4,19H2,1-3H3. The smallest absolute Gasteiger partial charge is 0.139 e. The average Bonchev–Trinajstić information content (AvgIpc) is 2.52. The van der Waals surface area contributed by atoms with Gasteiger partial charge in [-0.15, -0.1) is 0 Å². The van der Waals surface area contributed by atoms with Crippen molar-refractivity contribution in [2.24, 2.45) is 5.73 Å². The van der Waals surface area contributed by atoms with Crippen LogP contribution >= 0.6 is 0 Å². The first kappa shape index (κ1) is 15.4. The Morgan fingerprint density at radius 1 is 1.05 bits per heavy atom. The predicted octanol–water partition coefficient (Wildman–Crippen LogP) is 3.86. The summed E-state index contributed by atoms with van der Waals surface area (Å²) in [5.41, 5.74) is 8.57. The lowest BCUT2D eigenvalue weighted by Gasteiger charge is -2.25. The van der Waals surface area contributed by atoms with Crippen LogP contribution in [0.5, 0.6) is 11.5 Å². The Labute approximate surface area is 126 Å². The quantitative estimate of drug-likeness (QED) is 0.876. The van der Waals surface area contributed by atoms with Gasteiger partial charge in [-0.25, -0.2) is 0 Å². The van der Waals surface area contributed by atoms with Crippen molar-refractivity contribution in [3.8, 4) is 11.5 Å². The molecule has 2 N–H and O–H groups in total. The first-order valence-corrected chi connectivity index (χ1v) is 7.27. The number of ether oxygens (including phenoxy) is 2. The van der Waals surface area contributed by atoms with Gasteiger partial charge in [0, 0.05) is 12.1 Å². The van der Waals surface area contributed by atoms with E-state index in [1.165, 1.54) is 5.56 Å². The molecule has 0 amide bonds. The molecule has 2 atom stereocenters. The fourth-order valence-electron chi connectivity index (χ4n) is 2.28. The van der Waals surface area contributed by atoms with Gasteiger partial charge in [0.1, 0.15) is 17.6 Å². The van der Waals surface area contributed by atoms with Crippen molar-refractivity contribution in [3.63, 3.8) is 0 Å². The van der Waals surface area contributed by atoms with Crippen molar-refractivity contribution in [2.45, 2.75) is 32.4 Å². The Morgan fingerprint density at radius 3 is 2.43 bits per heavy atom. The van der Waals surface area contributed by atoms with Gasteiger partial charge in [-0.1, -0.05) is 42.8 Å². The molecule has 3 nitrogen and oxygen atoms in total. The number of aryl methyl sites for hydroxylation is 1. The minimum Gasteiger partial charge on any atom is -0.497 e. The van der Waals surface area contributed by atoms with Gasteiger partial charge in [0.2, 0.25) is 0 Å². The van der Waals surface area contributed by atoms with Crippen LogP contribution in [0.4, 0.5) is 0 Å². The third-order valence-corrected chi connectivity index (χ3v) is 3.54. The normalized spacial score (nSPS) is 13.5. The number of hydrogen-bond acceptors (Lipinski definition) is 3. The molecule has 0 fully saturated rings. The molecule has 0 aliphatic rings. The van der Waals surface area contributed by atoms with E-state index in [1.807, 2.05) is 30.3 Å². The highest BCUT2D eigenvalue weighted by molar-refractivity contribution is 5.34. The van der Waals surface area contributed by atoms with Gasteiger partial charge in [0.25, 0.3) is 0 Å². The molecule has 0 radical (unpaired) electrons. The maximum atomic E-state index is 6.26. The lowest BCUT2D eigenvalue weighted by molar-refractivity contribution is 0.170. The minimum atomic E-state index is -0.165. The summed E-state index contributed by atoms with van der Waals surface area (Å²) in [5.74, 6) is 1.55. The fraction of sp³-hybridized carbons (Fsp3) is 0.333. The van der Waals surface area contributed by atoms with Crippen molar-refractivity contribution < 1.29 is 9.47 Å². The number of benzene rings is 2. The molecule has 0 aliphatic carbocycles. The van der Waals surface area contributed by atoms with E-state index in [9.17, 15) is 0 Å². The van der Waals surface area contributed by atoms with Crippen molar-refractivity contribution in [1.82, 2.24) is 0 Å². The third kappa shape index (κ3) is 3.99. The van der Waals surface area contributed by atoms with Gasteiger partial charge < -0.3 is 15.2 Å². The summed E-state index contributed by atoms with van der Waals surface area (Å²) in [4.78, 5) is 0. The summed E-state index contributed by atoms with van der Waals surface area (Å²) in [5, 5.41) is 0. The molecule has 3 heteroatoms. The Kier molecular flexibility index (Phi) is 5.23. The van der Waals surface area contributed by atoms with Crippen LogP contribution in [0.2, 0.25) is 0 Å². The lowest BCUT2D eigenvalue weighted by Crippen LogP contribution is -2.31. The summed E-state index contributed by atoms with van der Waals surface area (Å²) in [6.45, 7) is 4.14. The summed E-state index contributed by atoms with van der Waals surface area (Å²) >= 11 is 0. The zero-order valence-corrected chi connectivity index (χ0v) is 12.9. The molecule has 0 aromatic heterocycles. The van der Waals surface area contributed by atoms with E-state index < -0.39 is 0 Å². The SMILES string of the molecule is CCC(N)C(Oc1cccc(OC)c1)c1cccc(C)c1. The number of methoxy groups -OCH3 is 1. The van der Waals surface area contributed by atoms with Crippen LogP contribution in [0, 0.1) is 6.92 Å². The highest BCUT2D eigenvalue weighted by atomic mass is 16.5. The van der Waals surface area contributed by atoms with Crippen molar-refractivity contribution in [2.75, 3.05) is 7.11 Å². The Balaban J connectivity index is 2.28. The van der Waals surface area contributed by atoms with Gasteiger partial charge in [0.15, 0.2) is 0 Å². The minimum absolute atomic E-state index is 0.0574. The average molecular weight is 285 g/mol. The lowest BCUT2D eigenvalue weighted by atomic mass is 9.99. The fourth-order valence-corrected chi connectivity index (χ4v) is 2.28. The molecule has 2 aromatic rings. The number of rotatable bonds is 6. The summed E-state index contributed by atoms with van der Waals surface area (Å²) in [7, 11) is 1.65. The van der Waals surface area contributed by atoms with E-state index in [4.69, 9.17) is 15.2 Å². The summed E-state index contributed by atoms with van der Waals surface area (Å²) < 4.78 is 11.4. The van der Waals surface area contributed by atoms with E-state index in [2.05, 4.69) is 32.0 Å². The van der Waals surface area contributed by atoms with Crippen LogP contribution in [0.25, 0.3) is 0 Å². The van der Waals surface area contributed by atoms with Gasteiger partial charge in [-0.2, -0.15) is 0 Å².